The number of benzene rings is 1. The molecular formula is C14H12ClNO3. The molecule has 0 spiro atoms. The number of carboxylic acids is 1. The number of aromatic amines is 1. The number of aliphatic carboxylic acids is 1. The Morgan fingerprint density at radius 3 is 2.74 bits per heavy atom. The molecule has 1 aromatic carbocycles. The summed E-state index contributed by atoms with van der Waals surface area (Å²) in [5.41, 5.74) is 1.71. The number of nitrogens with one attached hydrogen (secondary N) is 1. The predicted octanol–water partition coefficient (Wildman–Crippen LogP) is 3.04. The molecule has 0 saturated heterocycles. The van der Waals surface area contributed by atoms with E-state index < -0.39 is 5.97 Å². The fourth-order valence-corrected chi connectivity index (χ4v) is 2.49. The minimum atomic E-state index is -0.944. The van der Waals surface area contributed by atoms with E-state index in [2.05, 4.69) is 4.98 Å². The van der Waals surface area contributed by atoms with Crippen molar-refractivity contribution in [1.82, 2.24) is 4.98 Å². The van der Waals surface area contributed by atoms with Crippen LogP contribution in [0.1, 0.15) is 28.9 Å². The van der Waals surface area contributed by atoms with Gasteiger partial charge in [-0.3, -0.25) is 9.59 Å². The highest BCUT2D eigenvalue weighted by Gasteiger charge is 2.33. The van der Waals surface area contributed by atoms with E-state index in [1.54, 1.807) is 18.2 Å². The van der Waals surface area contributed by atoms with Crippen LogP contribution in [0.25, 0.3) is 10.9 Å². The zero-order valence-corrected chi connectivity index (χ0v) is 10.8. The van der Waals surface area contributed by atoms with Crippen LogP contribution in [-0.2, 0) is 11.2 Å². The molecule has 0 aliphatic heterocycles. The summed E-state index contributed by atoms with van der Waals surface area (Å²) in [5.74, 6) is -0.875. The van der Waals surface area contributed by atoms with E-state index in [0.717, 1.165) is 18.2 Å². The molecule has 0 atom stereocenters. The molecule has 5 heteroatoms. The van der Waals surface area contributed by atoms with Gasteiger partial charge in [-0.2, -0.15) is 0 Å². The van der Waals surface area contributed by atoms with Crippen LogP contribution in [0.3, 0.4) is 0 Å². The van der Waals surface area contributed by atoms with Crippen molar-refractivity contribution in [2.24, 2.45) is 5.92 Å². The molecule has 3 rings (SSSR count). The Morgan fingerprint density at radius 1 is 1.37 bits per heavy atom. The van der Waals surface area contributed by atoms with Crippen LogP contribution < -0.4 is 0 Å². The highest BCUT2D eigenvalue weighted by Crippen LogP contribution is 2.35. The highest BCUT2D eigenvalue weighted by atomic mass is 35.5. The normalized spacial score (nSPS) is 14.8. The third-order valence-electron chi connectivity index (χ3n) is 3.39. The molecule has 1 aliphatic carbocycles. The largest absolute Gasteiger partial charge is 0.481 e. The van der Waals surface area contributed by atoms with Gasteiger partial charge in [0.15, 0.2) is 5.78 Å². The number of hydrogen-bond acceptors (Lipinski definition) is 2. The maximum atomic E-state index is 12.2. The number of halogens is 1. The van der Waals surface area contributed by atoms with Crippen molar-refractivity contribution in [3.8, 4) is 0 Å². The van der Waals surface area contributed by atoms with Gasteiger partial charge in [-0.25, -0.2) is 0 Å². The first-order valence-corrected chi connectivity index (χ1v) is 6.50. The number of Topliss-reactive ketones (excluding diaryl/α,β-unsaturated/α-hetero) is 1. The van der Waals surface area contributed by atoms with Gasteiger partial charge >= 0.3 is 5.97 Å². The molecule has 1 saturated carbocycles. The van der Waals surface area contributed by atoms with Crippen LogP contribution >= 0.6 is 11.6 Å². The van der Waals surface area contributed by atoms with E-state index in [-0.39, 0.29) is 18.1 Å². The SMILES string of the molecule is O=C(O)Cc1c(C(=O)C2CC2)[nH]c2cc(Cl)ccc12. The molecule has 0 unspecified atom stereocenters. The summed E-state index contributed by atoms with van der Waals surface area (Å²) in [4.78, 5) is 26.2. The standard InChI is InChI=1S/C14H12ClNO3/c15-8-3-4-9-10(6-12(17)18)13(16-11(9)5-8)14(19)7-1-2-7/h3-5,7,16H,1-2,6H2,(H,17,18). The molecule has 0 amide bonds. The minimum absolute atomic E-state index is 0.0172. The summed E-state index contributed by atoms with van der Waals surface area (Å²) >= 11 is 5.92. The monoisotopic (exact) mass is 277 g/mol. The molecule has 4 nitrogen and oxygen atoms in total. The van der Waals surface area contributed by atoms with Gasteiger partial charge in [-0.05, 0) is 30.5 Å². The number of rotatable bonds is 4. The summed E-state index contributed by atoms with van der Waals surface area (Å²) < 4.78 is 0. The Labute approximate surface area is 114 Å². The molecule has 0 bridgehead atoms. The highest BCUT2D eigenvalue weighted by molar-refractivity contribution is 6.31. The second kappa shape index (κ2) is 4.38. The first-order chi connectivity index (χ1) is 9.06. The van der Waals surface area contributed by atoms with Crippen molar-refractivity contribution in [1.29, 1.82) is 0 Å². The van der Waals surface area contributed by atoms with E-state index >= 15 is 0 Å². The topological polar surface area (TPSA) is 70.2 Å². The Bertz CT molecular complexity index is 685. The lowest BCUT2D eigenvalue weighted by atomic mass is 10.0. The van der Waals surface area contributed by atoms with E-state index in [0.29, 0.717) is 21.8 Å². The average Bonchev–Trinajstić information content (AvgIpc) is 3.13. The lowest BCUT2D eigenvalue weighted by molar-refractivity contribution is -0.136. The van der Waals surface area contributed by atoms with Crippen LogP contribution in [0.4, 0.5) is 0 Å². The van der Waals surface area contributed by atoms with Crippen molar-refractivity contribution >= 4 is 34.3 Å². The molecule has 98 valence electrons. The van der Waals surface area contributed by atoms with Gasteiger partial charge in [0.2, 0.25) is 0 Å². The number of fused-ring (bicyclic) bond motifs is 1. The molecule has 2 aromatic rings. The zero-order chi connectivity index (χ0) is 13.6. The van der Waals surface area contributed by atoms with Crippen LogP contribution in [0, 0.1) is 5.92 Å². The van der Waals surface area contributed by atoms with Crippen molar-refractivity contribution in [2.45, 2.75) is 19.3 Å². The summed E-state index contributed by atoms with van der Waals surface area (Å²) in [7, 11) is 0. The number of hydrogen-bond donors (Lipinski definition) is 2. The summed E-state index contributed by atoms with van der Waals surface area (Å²) in [5, 5.41) is 10.3. The van der Waals surface area contributed by atoms with Crippen LogP contribution in [0.15, 0.2) is 18.2 Å². The zero-order valence-electron chi connectivity index (χ0n) is 10.1. The number of ketones is 1. The summed E-state index contributed by atoms with van der Waals surface area (Å²) in [6.45, 7) is 0. The van der Waals surface area contributed by atoms with Crippen molar-refractivity contribution in [2.75, 3.05) is 0 Å². The molecule has 19 heavy (non-hydrogen) atoms. The van der Waals surface area contributed by atoms with Gasteiger partial charge in [-0.15, -0.1) is 0 Å². The third kappa shape index (κ3) is 2.24. The number of carbonyl (C=O) groups is 2. The Hall–Kier alpha value is -1.81. The Balaban J connectivity index is 2.17. The first-order valence-electron chi connectivity index (χ1n) is 6.12. The van der Waals surface area contributed by atoms with Crippen LogP contribution in [0.5, 0.6) is 0 Å². The maximum Gasteiger partial charge on any atom is 0.307 e. The van der Waals surface area contributed by atoms with Gasteiger partial charge in [0.1, 0.15) is 0 Å². The minimum Gasteiger partial charge on any atom is -0.481 e. The van der Waals surface area contributed by atoms with Gasteiger partial charge in [-0.1, -0.05) is 17.7 Å². The van der Waals surface area contributed by atoms with Gasteiger partial charge in [0, 0.05) is 21.8 Å². The first kappa shape index (κ1) is 12.2. The van der Waals surface area contributed by atoms with E-state index in [1.807, 2.05) is 0 Å². The maximum absolute atomic E-state index is 12.2. The smallest absolute Gasteiger partial charge is 0.307 e. The molecular weight excluding hydrogens is 266 g/mol. The fourth-order valence-electron chi connectivity index (χ4n) is 2.32. The molecule has 1 aliphatic rings. The van der Waals surface area contributed by atoms with Crippen molar-refractivity contribution in [3.05, 3.63) is 34.5 Å². The van der Waals surface area contributed by atoms with Gasteiger partial charge in [0.05, 0.1) is 12.1 Å². The molecule has 0 radical (unpaired) electrons. The molecule has 1 fully saturated rings. The quantitative estimate of drug-likeness (QED) is 0.844. The van der Waals surface area contributed by atoms with Crippen molar-refractivity contribution in [3.63, 3.8) is 0 Å². The van der Waals surface area contributed by atoms with E-state index in [1.165, 1.54) is 0 Å². The van der Waals surface area contributed by atoms with E-state index in [4.69, 9.17) is 16.7 Å². The number of carbonyl (C=O) groups excluding carboxylic acids is 1. The summed E-state index contributed by atoms with van der Waals surface area (Å²) in [6.07, 6.45) is 1.62. The van der Waals surface area contributed by atoms with Crippen LogP contribution in [-0.4, -0.2) is 21.8 Å². The number of H-pyrrole nitrogens is 1. The van der Waals surface area contributed by atoms with E-state index in [9.17, 15) is 9.59 Å². The van der Waals surface area contributed by atoms with Gasteiger partial charge in [0.25, 0.3) is 0 Å². The Kier molecular flexibility index (Phi) is 2.82. The van der Waals surface area contributed by atoms with Gasteiger partial charge < -0.3 is 10.1 Å². The average molecular weight is 278 g/mol. The second-order valence-corrected chi connectivity index (χ2v) is 5.31. The lowest BCUT2D eigenvalue weighted by Crippen LogP contribution is -2.08. The third-order valence-corrected chi connectivity index (χ3v) is 3.63. The second-order valence-electron chi connectivity index (χ2n) is 4.88. The fraction of sp³-hybridized carbons (Fsp3) is 0.286. The number of carboxylic acid groups (broad SMARTS) is 1. The van der Waals surface area contributed by atoms with Crippen molar-refractivity contribution < 1.29 is 14.7 Å². The van der Waals surface area contributed by atoms with Crippen LogP contribution in [0.2, 0.25) is 5.02 Å². The molecule has 1 aromatic heterocycles. The summed E-state index contributed by atoms with van der Waals surface area (Å²) in [6, 6.07) is 5.18. The lowest BCUT2D eigenvalue weighted by Gasteiger charge is -2.00. The number of aromatic nitrogens is 1. The molecule has 1 heterocycles. The predicted molar refractivity (Wildman–Crippen MR) is 71.7 cm³/mol. The Morgan fingerprint density at radius 2 is 2.11 bits per heavy atom. The molecule has 2 N–H and O–H groups in total.